The number of carbonyl (C=O) groups excluding carboxylic acids is 1. The molecule has 0 heterocycles. The summed E-state index contributed by atoms with van der Waals surface area (Å²) in [5.74, 6) is 0.861. The molecule has 0 spiro atoms. The first-order valence-electron chi connectivity index (χ1n) is 5.40. The zero-order valence-electron chi connectivity index (χ0n) is 10.0. The van der Waals surface area contributed by atoms with E-state index in [9.17, 15) is 4.79 Å². The monoisotopic (exact) mass is 222 g/mol. The number of hydrogen-bond donors (Lipinski definition) is 0. The molecular formula is C13H18O3. The van der Waals surface area contributed by atoms with Crippen LogP contribution >= 0.6 is 0 Å². The van der Waals surface area contributed by atoms with E-state index in [0.717, 1.165) is 11.3 Å². The molecule has 16 heavy (non-hydrogen) atoms. The van der Waals surface area contributed by atoms with Gasteiger partial charge in [0.2, 0.25) is 0 Å². The quantitative estimate of drug-likeness (QED) is 0.694. The SMILES string of the molecule is CCOc1ccc(CC(C)(C)OC=O)cc1. The van der Waals surface area contributed by atoms with E-state index in [2.05, 4.69) is 0 Å². The largest absolute Gasteiger partial charge is 0.494 e. The Balaban J connectivity index is 2.64. The topological polar surface area (TPSA) is 35.5 Å². The van der Waals surface area contributed by atoms with Gasteiger partial charge in [-0.2, -0.15) is 0 Å². The van der Waals surface area contributed by atoms with Crippen molar-refractivity contribution in [1.82, 2.24) is 0 Å². The van der Waals surface area contributed by atoms with Crippen LogP contribution in [0.2, 0.25) is 0 Å². The summed E-state index contributed by atoms with van der Waals surface area (Å²) < 4.78 is 10.4. The third-order valence-corrected chi connectivity index (χ3v) is 2.23. The molecule has 88 valence electrons. The van der Waals surface area contributed by atoms with E-state index in [0.29, 0.717) is 19.5 Å². The zero-order valence-corrected chi connectivity index (χ0v) is 10.0. The van der Waals surface area contributed by atoms with Gasteiger partial charge in [0, 0.05) is 6.42 Å². The summed E-state index contributed by atoms with van der Waals surface area (Å²) in [6, 6.07) is 7.83. The first kappa shape index (κ1) is 12.6. The Morgan fingerprint density at radius 2 is 1.88 bits per heavy atom. The predicted octanol–water partition coefficient (Wildman–Crippen LogP) is 2.58. The Labute approximate surface area is 96.4 Å². The van der Waals surface area contributed by atoms with Crippen LogP contribution in [0.1, 0.15) is 26.3 Å². The number of hydrogen-bond acceptors (Lipinski definition) is 3. The van der Waals surface area contributed by atoms with Gasteiger partial charge in [0.15, 0.2) is 0 Å². The van der Waals surface area contributed by atoms with E-state index in [-0.39, 0.29) is 0 Å². The molecule has 1 aromatic rings. The molecule has 0 saturated heterocycles. The maximum atomic E-state index is 10.3. The molecule has 1 aromatic carbocycles. The zero-order chi connectivity index (χ0) is 12.0. The van der Waals surface area contributed by atoms with Crippen molar-refractivity contribution in [1.29, 1.82) is 0 Å². The van der Waals surface area contributed by atoms with Gasteiger partial charge in [0.1, 0.15) is 11.4 Å². The van der Waals surface area contributed by atoms with Crippen molar-refractivity contribution in [3.8, 4) is 5.75 Å². The Hall–Kier alpha value is -1.51. The molecule has 0 aliphatic rings. The van der Waals surface area contributed by atoms with Gasteiger partial charge in [-0.1, -0.05) is 12.1 Å². The minimum Gasteiger partial charge on any atom is -0.494 e. The van der Waals surface area contributed by atoms with Crippen LogP contribution in [0.3, 0.4) is 0 Å². The summed E-state index contributed by atoms with van der Waals surface area (Å²) >= 11 is 0. The van der Waals surface area contributed by atoms with Crippen molar-refractivity contribution in [2.75, 3.05) is 6.61 Å². The van der Waals surface area contributed by atoms with Gasteiger partial charge in [-0.05, 0) is 38.5 Å². The number of rotatable bonds is 6. The number of carbonyl (C=O) groups is 1. The first-order chi connectivity index (χ1) is 7.57. The smallest absolute Gasteiger partial charge is 0.293 e. The lowest BCUT2D eigenvalue weighted by Crippen LogP contribution is -2.26. The summed E-state index contributed by atoms with van der Waals surface area (Å²) in [4.78, 5) is 10.3. The van der Waals surface area contributed by atoms with Crippen LogP contribution in [-0.2, 0) is 16.0 Å². The molecule has 0 radical (unpaired) electrons. The Morgan fingerprint density at radius 3 is 2.38 bits per heavy atom. The van der Waals surface area contributed by atoms with Crippen molar-refractivity contribution in [2.24, 2.45) is 0 Å². The summed E-state index contributed by atoms with van der Waals surface area (Å²) in [5, 5.41) is 0. The van der Waals surface area contributed by atoms with Crippen LogP contribution in [0.25, 0.3) is 0 Å². The average molecular weight is 222 g/mol. The number of benzene rings is 1. The highest BCUT2D eigenvalue weighted by Crippen LogP contribution is 2.19. The van der Waals surface area contributed by atoms with E-state index in [1.807, 2.05) is 45.0 Å². The molecule has 3 nitrogen and oxygen atoms in total. The molecular weight excluding hydrogens is 204 g/mol. The molecule has 1 rings (SSSR count). The van der Waals surface area contributed by atoms with Crippen LogP contribution in [0.4, 0.5) is 0 Å². The molecule has 0 bridgehead atoms. The highest BCUT2D eigenvalue weighted by atomic mass is 16.5. The van der Waals surface area contributed by atoms with Crippen LogP contribution in [-0.4, -0.2) is 18.7 Å². The van der Waals surface area contributed by atoms with E-state index < -0.39 is 5.60 Å². The fraction of sp³-hybridized carbons (Fsp3) is 0.462. The molecule has 3 heteroatoms. The van der Waals surface area contributed by atoms with Crippen LogP contribution in [0.5, 0.6) is 5.75 Å². The summed E-state index contributed by atoms with van der Waals surface area (Å²) in [7, 11) is 0. The van der Waals surface area contributed by atoms with Crippen molar-refractivity contribution in [3.05, 3.63) is 29.8 Å². The molecule has 0 saturated carbocycles. The molecule has 0 atom stereocenters. The van der Waals surface area contributed by atoms with Crippen molar-refractivity contribution in [3.63, 3.8) is 0 Å². The molecule has 0 unspecified atom stereocenters. The fourth-order valence-electron chi connectivity index (χ4n) is 1.53. The van der Waals surface area contributed by atoms with Crippen molar-refractivity contribution >= 4 is 6.47 Å². The summed E-state index contributed by atoms with van der Waals surface area (Å²) in [6.07, 6.45) is 0.693. The average Bonchev–Trinajstić information content (AvgIpc) is 2.21. The van der Waals surface area contributed by atoms with Crippen LogP contribution in [0.15, 0.2) is 24.3 Å². The van der Waals surface area contributed by atoms with E-state index >= 15 is 0 Å². The predicted molar refractivity (Wildman–Crippen MR) is 62.5 cm³/mol. The standard InChI is InChI=1S/C13H18O3/c1-4-15-12-7-5-11(6-8-12)9-13(2,3)16-10-14/h5-8,10H,4,9H2,1-3H3. The maximum Gasteiger partial charge on any atom is 0.293 e. The van der Waals surface area contributed by atoms with Gasteiger partial charge in [-0.25, -0.2) is 0 Å². The van der Waals surface area contributed by atoms with Gasteiger partial charge >= 0.3 is 0 Å². The lowest BCUT2D eigenvalue weighted by molar-refractivity contribution is -0.140. The summed E-state index contributed by atoms with van der Waals surface area (Å²) in [5.41, 5.74) is 0.657. The van der Waals surface area contributed by atoms with Crippen molar-refractivity contribution in [2.45, 2.75) is 32.8 Å². The second-order valence-corrected chi connectivity index (χ2v) is 4.23. The molecule has 0 fully saturated rings. The van der Waals surface area contributed by atoms with Crippen LogP contribution < -0.4 is 4.74 Å². The van der Waals surface area contributed by atoms with Gasteiger partial charge in [-0.3, -0.25) is 4.79 Å². The maximum absolute atomic E-state index is 10.3. The van der Waals surface area contributed by atoms with Gasteiger partial charge < -0.3 is 9.47 Å². The molecule has 0 N–H and O–H groups in total. The number of ether oxygens (including phenoxy) is 2. The minimum absolute atomic E-state index is 0.463. The van der Waals surface area contributed by atoms with Crippen molar-refractivity contribution < 1.29 is 14.3 Å². The second kappa shape index (κ2) is 5.54. The van der Waals surface area contributed by atoms with Gasteiger partial charge in [0.25, 0.3) is 6.47 Å². The normalized spacial score (nSPS) is 10.9. The third kappa shape index (κ3) is 3.93. The molecule has 0 aliphatic carbocycles. The van der Waals surface area contributed by atoms with E-state index in [1.54, 1.807) is 0 Å². The first-order valence-corrected chi connectivity index (χ1v) is 5.40. The van der Waals surface area contributed by atoms with Gasteiger partial charge in [-0.15, -0.1) is 0 Å². The molecule has 0 aliphatic heterocycles. The fourth-order valence-corrected chi connectivity index (χ4v) is 1.53. The second-order valence-electron chi connectivity index (χ2n) is 4.23. The Kier molecular flexibility index (Phi) is 4.35. The molecule has 0 aromatic heterocycles. The minimum atomic E-state index is -0.463. The summed E-state index contributed by atoms with van der Waals surface area (Å²) in [6.45, 7) is 6.89. The van der Waals surface area contributed by atoms with E-state index in [1.165, 1.54) is 0 Å². The Bertz CT molecular complexity index is 328. The third-order valence-electron chi connectivity index (χ3n) is 2.23. The lowest BCUT2D eigenvalue weighted by Gasteiger charge is -2.22. The Morgan fingerprint density at radius 1 is 1.25 bits per heavy atom. The highest BCUT2D eigenvalue weighted by Gasteiger charge is 2.19. The highest BCUT2D eigenvalue weighted by molar-refractivity contribution is 5.38. The van der Waals surface area contributed by atoms with Gasteiger partial charge in [0.05, 0.1) is 6.61 Å². The molecule has 0 amide bonds. The lowest BCUT2D eigenvalue weighted by atomic mass is 9.98. The van der Waals surface area contributed by atoms with E-state index in [4.69, 9.17) is 9.47 Å². The van der Waals surface area contributed by atoms with Crippen LogP contribution in [0, 0.1) is 0 Å².